The maximum absolute atomic E-state index is 10.2. The first kappa shape index (κ1) is 18.2. The molecule has 3 N–H and O–H groups in total. The van der Waals surface area contributed by atoms with Gasteiger partial charge in [0.15, 0.2) is 0 Å². The number of nitrogens with zero attached hydrogens (tertiary/aromatic N) is 2. The molecule has 1 amide bonds. The van der Waals surface area contributed by atoms with Crippen LogP contribution in [0.1, 0.15) is 16.7 Å². The number of rotatable bonds is 4. The van der Waals surface area contributed by atoms with Crippen LogP contribution in [0.4, 0.5) is 11.4 Å². The number of hydrogen-bond donors (Lipinski definition) is 2. The van der Waals surface area contributed by atoms with Crippen LogP contribution in [-0.2, 0) is 4.79 Å². The zero-order chi connectivity index (χ0) is 17.2. The monoisotopic (exact) mass is 312 g/mol. The molecule has 0 aliphatic heterocycles. The predicted octanol–water partition coefficient (Wildman–Crippen LogP) is 3.04. The summed E-state index contributed by atoms with van der Waals surface area (Å²) in [4.78, 5) is 10.2. The van der Waals surface area contributed by atoms with Crippen molar-refractivity contribution in [2.75, 3.05) is 25.1 Å². The van der Waals surface area contributed by atoms with E-state index in [-0.39, 0.29) is 0 Å². The maximum Gasteiger partial charge on any atom is 0.229 e. The van der Waals surface area contributed by atoms with Gasteiger partial charge in [0, 0.05) is 25.5 Å². The molecule has 0 aliphatic rings. The number of anilines is 2. The smallest absolute Gasteiger partial charge is 0.229 e. The van der Waals surface area contributed by atoms with Crippen molar-refractivity contribution in [1.82, 2.24) is 5.01 Å². The average Bonchev–Trinajstić information content (AvgIpc) is 2.55. The molecule has 0 heterocycles. The molecule has 0 aliphatic carbocycles. The lowest BCUT2D eigenvalue weighted by molar-refractivity contribution is -0.116. The number of nitrogens with two attached hydrogens (primary N) is 1. The van der Waals surface area contributed by atoms with Crippen molar-refractivity contribution in [1.29, 1.82) is 0 Å². The lowest BCUT2D eigenvalue weighted by atomic mass is 10.1. The largest absolute Gasteiger partial charge is 0.399 e. The molecule has 5 heteroatoms. The number of hydrazone groups is 1. The van der Waals surface area contributed by atoms with Gasteiger partial charge in [0.2, 0.25) is 6.41 Å². The van der Waals surface area contributed by atoms with E-state index >= 15 is 0 Å². The number of amides is 1. The van der Waals surface area contributed by atoms with Crippen LogP contribution >= 0.6 is 0 Å². The Bertz CT molecular complexity index is 630. The molecule has 2 aromatic carbocycles. The fourth-order valence-corrected chi connectivity index (χ4v) is 1.98. The van der Waals surface area contributed by atoms with E-state index in [1.54, 1.807) is 25.4 Å². The van der Waals surface area contributed by atoms with Crippen molar-refractivity contribution in [3.63, 3.8) is 0 Å². The van der Waals surface area contributed by atoms with Gasteiger partial charge >= 0.3 is 0 Å². The molecule has 0 saturated heterocycles. The Morgan fingerprint density at radius 2 is 1.65 bits per heavy atom. The van der Waals surface area contributed by atoms with E-state index in [2.05, 4.69) is 42.5 Å². The van der Waals surface area contributed by atoms with Crippen LogP contribution < -0.4 is 11.1 Å². The van der Waals surface area contributed by atoms with E-state index in [0.29, 0.717) is 12.1 Å². The van der Waals surface area contributed by atoms with E-state index in [9.17, 15) is 4.79 Å². The van der Waals surface area contributed by atoms with Gasteiger partial charge in [0.1, 0.15) is 0 Å². The van der Waals surface area contributed by atoms with Crippen LogP contribution in [0.5, 0.6) is 0 Å². The summed E-state index contributed by atoms with van der Waals surface area (Å²) in [5, 5.41) is 8.20. The zero-order valence-corrected chi connectivity index (χ0v) is 14.1. The summed E-state index contributed by atoms with van der Waals surface area (Å²) in [5.74, 6) is 0. The molecule has 0 unspecified atom stereocenters. The van der Waals surface area contributed by atoms with E-state index in [0.717, 1.165) is 5.56 Å². The summed E-state index contributed by atoms with van der Waals surface area (Å²) in [6, 6.07) is 13.5. The third kappa shape index (κ3) is 6.22. The van der Waals surface area contributed by atoms with Crippen molar-refractivity contribution >= 4 is 24.0 Å². The number of nitrogen functional groups attached to an aromatic ring is 1. The number of carbonyl (C=O) groups is 1. The van der Waals surface area contributed by atoms with Crippen LogP contribution in [0.3, 0.4) is 0 Å². The third-order valence-electron chi connectivity index (χ3n) is 3.21. The van der Waals surface area contributed by atoms with Gasteiger partial charge in [-0.25, -0.2) is 5.01 Å². The van der Waals surface area contributed by atoms with E-state index in [4.69, 9.17) is 5.73 Å². The first-order valence-electron chi connectivity index (χ1n) is 7.29. The Morgan fingerprint density at radius 1 is 1.09 bits per heavy atom. The maximum atomic E-state index is 10.2. The van der Waals surface area contributed by atoms with Crippen LogP contribution in [0.25, 0.3) is 0 Å². The quantitative estimate of drug-likeness (QED) is 0.394. The molecule has 0 fully saturated rings. The molecule has 0 saturated carbocycles. The Kier molecular flexibility index (Phi) is 7.33. The molecule has 5 nitrogen and oxygen atoms in total. The fraction of sp³-hybridized carbons (Fsp3) is 0.222. The minimum absolute atomic E-state index is 0.633. The molecule has 2 aromatic rings. The third-order valence-corrected chi connectivity index (χ3v) is 3.21. The minimum atomic E-state index is 0.633. The van der Waals surface area contributed by atoms with Crippen LogP contribution in [-0.4, -0.2) is 31.7 Å². The van der Waals surface area contributed by atoms with Crippen molar-refractivity contribution < 1.29 is 4.79 Å². The highest BCUT2D eigenvalue weighted by Gasteiger charge is 1.96. The second-order valence-corrected chi connectivity index (χ2v) is 5.11. The average molecular weight is 312 g/mol. The highest BCUT2D eigenvalue weighted by atomic mass is 16.1. The Hall–Kier alpha value is -2.82. The standard InChI is InChI=1S/C9H11N3O.C9H13N/c1-12(7-13)11-6-8-2-4-9(10)5-3-8;1-7-5-4-6-8(2)9(7)10-3/h2-7H,10H2,1H3;4-6,10H,1-3H3/b11-6+;. The summed E-state index contributed by atoms with van der Waals surface area (Å²) in [6.07, 6.45) is 2.22. The van der Waals surface area contributed by atoms with Crippen LogP contribution in [0, 0.1) is 13.8 Å². The molecule has 0 bridgehead atoms. The number of aryl methyl sites for hydroxylation is 2. The van der Waals surface area contributed by atoms with Gasteiger partial charge in [0.05, 0.1) is 6.21 Å². The van der Waals surface area contributed by atoms with E-state index < -0.39 is 0 Å². The van der Waals surface area contributed by atoms with Gasteiger partial charge in [-0.3, -0.25) is 4.79 Å². The van der Waals surface area contributed by atoms with Gasteiger partial charge in [-0.2, -0.15) is 5.10 Å². The van der Waals surface area contributed by atoms with Gasteiger partial charge in [-0.05, 0) is 42.7 Å². The summed E-state index contributed by atoms with van der Waals surface area (Å²) < 4.78 is 0. The SMILES string of the molecule is CN(C=O)/N=C/c1ccc(N)cc1.CNc1c(C)cccc1C. The lowest BCUT2D eigenvalue weighted by Gasteiger charge is -2.07. The number of para-hydroxylation sites is 1. The normalized spacial score (nSPS) is 9.91. The summed E-state index contributed by atoms with van der Waals surface area (Å²) >= 11 is 0. The molecule has 122 valence electrons. The van der Waals surface area contributed by atoms with E-state index in [1.165, 1.54) is 21.8 Å². The van der Waals surface area contributed by atoms with Gasteiger partial charge < -0.3 is 11.1 Å². The number of hydrogen-bond acceptors (Lipinski definition) is 4. The summed E-state index contributed by atoms with van der Waals surface area (Å²) in [5.41, 5.74) is 11.0. The van der Waals surface area contributed by atoms with Gasteiger partial charge in [0.25, 0.3) is 0 Å². The predicted molar refractivity (Wildman–Crippen MR) is 97.7 cm³/mol. The molecule has 2 rings (SSSR count). The number of carbonyl (C=O) groups excluding carboxylic acids is 1. The Labute approximate surface area is 137 Å². The van der Waals surface area contributed by atoms with E-state index in [1.807, 2.05) is 19.2 Å². The fourth-order valence-electron chi connectivity index (χ4n) is 1.98. The van der Waals surface area contributed by atoms with Crippen molar-refractivity contribution in [2.24, 2.45) is 5.10 Å². The van der Waals surface area contributed by atoms with Crippen LogP contribution in [0.2, 0.25) is 0 Å². The molecule has 0 atom stereocenters. The lowest BCUT2D eigenvalue weighted by Crippen LogP contribution is -2.07. The molecule has 0 aromatic heterocycles. The second-order valence-electron chi connectivity index (χ2n) is 5.11. The zero-order valence-electron chi connectivity index (χ0n) is 14.1. The van der Waals surface area contributed by atoms with Crippen molar-refractivity contribution in [3.05, 3.63) is 59.2 Å². The van der Waals surface area contributed by atoms with Crippen molar-refractivity contribution in [2.45, 2.75) is 13.8 Å². The summed E-state index contributed by atoms with van der Waals surface area (Å²) in [7, 11) is 3.52. The minimum Gasteiger partial charge on any atom is -0.399 e. The highest BCUT2D eigenvalue weighted by molar-refractivity contribution is 5.80. The second kappa shape index (κ2) is 9.25. The highest BCUT2D eigenvalue weighted by Crippen LogP contribution is 2.17. The van der Waals surface area contributed by atoms with Crippen molar-refractivity contribution in [3.8, 4) is 0 Å². The Balaban J connectivity index is 0.000000238. The molecule has 23 heavy (non-hydrogen) atoms. The molecular weight excluding hydrogens is 288 g/mol. The molecule has 0 radical (unpaired) electrons. The van der Waals surface area contributed by atoms with Crippen LogP contribution in [0.15, 0.2) is 47.6 Å². The number of nitrogens with one attached hydrogen (secondary N) is 1. The van der Waals surface area contributed by atoms with Gasteiger partial charge in [-0.15, -0.1) is 0 Å². The summed E-state index contributed by atoms with van der Waals surface area (Å²) in [6.45, 7) is 4.22. The Morgan fingerprint density at radius 3 is 2.09 bits per heavy atom. The first-order chi connectivity index (χ1) is 11.0. The molecule has 0 spiro atoms. The topological polar surface area (TPSA) is 70.7 Å². The first-order valence-corrected chi connectivity index (χ1v) is 7.29. The number of benzene rings is 2. The van der Waals surface area contributed by atoms with Gasteiger partial charge in [-0.1, -0.05) is 30.3 Å². The molecular formula is C18H24N4O.